The van der Waals surface area contributed by atoms with E-state index in [2.05, 4.69) is 45.0 Å². The maximum atomic E-state index is 13.2. The molecule has 2 aromatic rings. The van der Waals surface area contributed by atoms with Crippen LogP contribution in [-0.4, -0.2) is 36.8 Å². The number of nitrogens with zero attached hydrogens (tertiary/aromatic N) is 1. The molecule has 1 heterocycles. The highest BCUT2D eigenvalue weighted by Gasteiger charge is 2.63. The summed E-state index contributed by atoms with van der Waals surface area (Å²) in [6, 6.07) is 20.5. The number of carbonyl (C=O) groups excluding carboxylic acids is 2. The van der Waals surface area contributed by atoms with Gasteiger partial charge in [0.05, 0.1) is 6.04 Å². The number of carbonyl (C=O) groups is 2. The molecule has 1 fully saturated rings. The van der Waals surface area contributed by atoms with E-state index in [1.165, 1.54) is 17.3 Å². The lowest BCUT2D eigenvalue weighted by Crippen LogP contribution is -2.85. The molecule has 1 aliphatic heterocycles. The molecule has 4 nitrogen and oxygen atoms in total. The molecule has 5 heteroatoms. The first kappa shape index (κ1) is 19.4. The van der Waals surface area contributed by atoms with Crippen LogP contribution in [0.3, 0.4) is 0 Å². The van der Waals surface area contributed by atoms with Gasteiger partial charge in [-0.2, -0.15) is 0 Å². The number of ether oxygens (including phenoxy) is 1. The summed E-state index contributed by atoms with van der Waals surface area (Å²) in [5.41, 5.74) is 0. The second kappa shape index (κ2) is 6.96. The largest absolute Gasteiger partial charge is 0.450 e. The van der Waals surface area contributed by atoms with E-state index in [1.54, 1.807) is 0 Å². The van der Waals surface area contributed by atoms with Crippen LogP contribution in [0.5, 0.6) is 0 Å². The van der Waals surface area contributed by atoms with Crippen molar-refractivity contribution in [3.63, 3.8) is 0 Å². The Morgan fingerprint density at radius 3 is 1.74 bits per heavy atom. The number of esters is 1. The van der Waals surface area contributed by atoms with Crippen molar-refractivity contribution in [2.75, 3.05) is 0 Å². The van der Waals surface area contributed by atoms with Crippen LogP contribution < -0.4 is 10.4 Å². The molecule has 0 saturated carbocycles. The number of β-lactam (4-membered cyclic amide) rings is 1. The smallest absolute Gasteiger partial charge is 0.303 e. The minimum absolute atomic E-state index is 0.0907. The van der Waals surface area contributed by atoms with Gasteiger partial charge >= 0.3 is 5.97 Å². The molecular formula is C22H27NO3Si. The van der Waals surface area contributed by atoms with E-state index in [1.807, 2.05) is 47.9 Å². The molecule has 1 aliphatic rings. The number of hydrogen-bond acceptors (Lipinski definition) is 3. The Morgan fingerprint density at radius 1 is 0.963 bits per heavy atom. The predicted octanol–water partition coefficient (Wildman–Crippen LogP) is 2.71. The lowest BCUT2D eigenvalue weighted by molar-refractivity contribution is -0.173. The topological polar surface area (TPSA) is 46.6 Å². The van der Waals surface area contributed by atoms with Crippen molar-refractivity contribution in [1.29, 1.82) is 0 Å². The average Bonchev–Trinajstić information content (AvgIpc) is 2.64. The van der Waals surface area contributed by atoms with E-state index >= 15 is 0 Å². The summed E-state index contributed by atoms with van der Waals surface area (Å²) >= 11 is 0. The lowest BCUT2D eigenvalue weighted by Gasteiger charge is -2.59. The summed E-state index contributed by atoms with van der Waals surface area (Å²) < 4.78 is 7.35. The van der Waals surface area contributed by atoms with Gasteiger partial charge in [0.1, 0.15) is 0 Å². The summed E-state index contributed by atoms with van der Waals surface area (Å²) in [4.78, 5) is 24.7. The molecule has 2 atom stereocenters. The molecule has 2 aromatic carbocycles. The van der Waals surface area contributed by atoms with E-state index in [0.717, 1.165) is 0 Å². The van der Waals surface area contributed by atoms with E-state index < -0.39 is 20.3 Å². The van der Waals surface area contributed by atoms with Crippen molar-refractivity contribution in [3.05, 3.63) is 60.7 Å². The molecule has 1 saturated heterocycles. The zero-order chi connectivity index (χ0) is 19.8. The van der Waals surface area contributed by atoms with Crippen molar-refractivity contribution in [2.45, 2.75) is 51.8 Å². The van der Waals surface area contributed by atoms with Crippen LogP contribution in [0.1, 0.15) is 34.6 Å². The zero-order valence-corrected chi connectivity index (χ0v) is 17.6. The van der Waals surface area contributed by atoms with Gasteiger partial charge in [-0.05, 0) is 22.3 Å². The Morgan fingerprint density at radius 2 is 1.41 bits per heavy atom. The number of hydrogen-bond donors (Lipinski definition) is 0. The summed E-state index contributed by atoms with van der Waals surface area (Å²) in [5, 5.41) is 2.20. The second-order valence-electron chi connectivity index (χ2n) is 8.17. The van der Waals surface area contributed by atoms with E-state index in [4.69, 9.17) is 4.74 Å². The third-order valence-electron chi connectivity index (χ3n) is 5.45. The van der Waals surface area contributed by atoms with E-state index in [0.29, 0.717) is 0 Å². The van der Waals surface area contributed by atoms with Gasteiger partial charge in [-0.1, -0.05) is 81.4 Å². The fraction of sp³-hybridized carbons (Fsp3) is 0.364. The Balaban J connectivity index is 2.23. The Bertz CT molecular complexity index is 790. The first-order chi connectivity index (χ1) is 12.7. The molecule has 0 aliphatic carbocycles. The van der Waals surface area contributed by atoms with Gasteiger partial charge in [0.2, 0.25) is 8.24 Å². The molecule has 1 amide bonds. The molecular weight excluding hydrogens is 354 g/mol. The van der Waals surface area contributed by atoms with Crippen molar-refractivity contribution in [2.24, 2.45) is 0 Å². The normalized spacial score (nSPS) is 20.2. The maximum absolute atomic E-state index is 13.2. The quantitative estimate of drug-likeness (QED) is 0.465. The summed E-state index contributed by atoms with van der Waals surface area (Å²) in [6.45, 7) is 9.95. The van der Waals surface area contributed by atoms with Crippen LogP contribution in [0.25, 0.3) is 0 Å². The highest BCUT2D eigenvalue weighted by Crippen LogP contribution is 2.43. The Labute approximate surface area is 162 Å². The maximum Gasteiger partial charge on any atom is 0.303 e. The van der Waals surface area contributed by atoms with Crippen LogP contribution >= 0.6 is 0 Å². The molecule has 0 bridgehead atoms. The number of rotatable bonds is 4. The summed E-state index contributed by atoms with van der Waals surface area (Å²) in [7, 11) is -2.69. The zero-order valence-electron chi connectivity index (χ0n) is 16.6. The highest BCUT2D eigenvalue weighted by molar-refractivity contribution is 7.03. The van der Waals surface area contributed by atoms with Crippen LogP contribution in [0.15, 0.2) is 60.7 Å². The molecule has 0 unspecified atom stereocenters. The van der Waals surface area contributed by atoms with Crippen molar-refractivity contribution < 1.29 is 14.3 Å². The molecule has 0 spiro atoms. The van der Waals surface area contributed by atoms with Gasteiger partial charge in [0.15, 0.2) is 6.10 Å². The van der Waals surface area contributed by atoms with Gasteiger partial charge in [-0.3, -0.25) is 9.59 Å². The number of amides is 1. The van der Waals surface area contributed by atoms with E-state index in [9.17, 15) is 9.59 Å². The van der Waals surface area contributed by atoms with Gasteiger partial charge in [0.25, 0.3) is 5.91 Å². The van der Waals surface area contributed by atoms with E-state index in [-0.39, 0.29) is 17.0 Å². The van der Waals surface area contributed by atoms with Gasteiger partial charge in [0, 0.05) is 6.92 Å². The fourth-order valence-corrected chi connectivity index (χ4v) is 10.3. The molecule has 0 aromatic heterocycles. The highest BCUT2D eigenvalue weighted by atomic mass is 28.3. The predicted molar refractivity (Wildman–Crippen MR) is 109 cm³/mol. The fourth-order valence-electron chi connectivity index (χ4n) is 4.43. The Hall–Kier alpha value is -2.40. The third-order valence-corrected chi connectivity index (χ3v) is 11.3. The van der Waals surface area contributed by atoms with Gasteiger partial charge in [-0.25, -0.2) is 0 Å². The van der Waals surface area contributed by atoms with Crippen LogP contribution in [0.4, 0.5) is 0 Å². The first-order valence-electron chi connectivity index (χ1n) is 9.32. The number of benzene rings is 2. The minimum atomic E-state index is -2.69. The van der Waals surface area contributed by atoms with Crippen molar-refractivity contribution >= 4 is 30.5 Å². The van der Waals surface area contributed by atoms with Crippen molar-refractivity contribution in [3.8, 4) is 0 Å². The van der Waals surface area contributed by atoms with Crippen molar-refractivity contribution in [1.82, 2.24) is 4.57 Å². The van der Waals surface area contributed by atoms with Gasteiger partial charge in [-0.15, -0.1) is 0 Å². The van der Waals surface area contributed by atoms with Gasteiger partial charge < -0.3 is 9.30 Å². The van der Waals surface area contributed by atoms with Crippen LogP contribution in [0.2, 0.25) is 5.04 Å². The molecule has 0 N–H and O–H groups in total. The molecule has 0 radical (unpaired) electrons. The molecule has 142 valence electrons. The standard InChI is InChI=1S/C22H27NO3Si/c1-16-20(26-17(2)24)21(25)23(16)27(22(3,4)5,18-12-8-6-9-13-18)19-14-10-7-11-15-19/h6-16,20H,1-5H3/t16-,20-/m1/s1. The minimum Gasteiger partial charge on any atom is -0.450 e. The monoisotopic (exact) mass is 381 g/mol. The SMILES string of the molecule is CC(=O)O[C@H]1C(=O)N([Si](c2ccccc2)(c2ccccc2)C(C)(C)C)[C@@H]1C. The third kappa shape index (κ3) is 3.00. The molecule has 3 rings (SSSR count). The second-order valence-corrected chi connectivity index (χ2v) is 12.7. The Kier molecular flexibility index (Phi) is 4.99. The first-order valence-corrected chi connectivity index (χ1v) is 11.3. The lowest BCUT2D eigenvalue weighted by atomic mass is 10.0. The average molecular weight is 382 g/mol. The van der Waals surface area contributed by atoms with Crippen LogP contribution in [-0.2, 0) is 14.3 Å². The summed E-state index contributed by atoms with van der Waals surface area (Å²) in [5.74, 6) is -0.505. The van der Waals surface area contributed by atoms with Crippen LogP contribution in [0, 0.1) is 0 Å². The summed E-state index contributed by atoms with van der Waals surface area (Å²) in [6.07, 6.45) is -0.691. The molecule has 27 heavy (non-hydrogen) atoms.